The van der Waals surface area contributed by atoms with E-state index in [-0.39, 0.29) is 12.1 Å². The van der Waals surface area contributed by atoms with Crippen LogP contribution in [0.1, 0.15) is 32.6 Å². The molecule has 0 aliphatic carbocycles. The van der Waals surface area contributed by atoms with Gasteiger partial charge in [0.05, 0.1) is 6.61 Å². The van der Waals surface area contributed by atoms with Gasteiger partial charge in [-0.25, -0.2) is 0 Å². The fourth-order valence-corrected chi connectivity index (χ4v) is 2.31. The Hall–Kier alpha value is -0.160. The fraction of sp³-hybridized carbons (Fsp3) is 1.00. The molecule has 1 atom stereocenters. The van der Waals surface area contributed by atoms with Gasteiger partial charge in [0.15, 0.2) is 0 Å². The van der Waals surface area contributed by atoms with Crippen molar-refractivity contribution in [3.05, 3.63) is 0 Å². The summed E-state index contributed by atoms with van der Waals surface area (Å²) in [6.45, 7) is 5.17. The highest BCUT2D eigenvalue weighted by molar-refractivity contribution is 4.81. The fourth-order valence-electron chi connectivity index (χ4n) is 2.31. The third-order valence-corrected chi connectivity index (χ3v) is 4.01. The minimum atomic E-state index is -0.128. The average Bonchev–Trinajstić information content (AvgIpc) is 2.39. The molecule has 4 nitrogen and oxygen atoms in total. The van der Waals surface area contributed by atoms with Crippen molar-refractivity contribution in [3.63, 3.8) is 0 Å². The van der Waals surface area contributed by atoms with Gasteiger partial charge in [-0.3, -0.25) is 0 Å². The van der Waals surface area contributed by atoms with Gasteiger partial charge in [0, 0.05) is 24.8 Å². The molecule has 2 N–H and O–H groups in total. The largest absolute Gasteiger partial charge is 0.394 e. The summed E-state index contributed by atoms with van der Waals surface area (Å²) in [5.41, 5.74) is -0.128. The van der Waals surface area contributed by atoms with Crippen molar-refractivity contribution in [3.8, 4) is 0 Å². The first-order valence-corrected chi connectivity index (χ1v) is 6.69. The monoisotopic (exact) mass is 244 g/mol. The van der Waals surface area contributed by atoms with Gasteiger partial charge < -0.3 is 20.1 Å². The van der Waals surface area contributed by atoms with E-state index in [0.717, 1.165) is 45.4 Å². The molecule has 0 aromatic carbocycles. The lowest BCUT2D eigenvalue weighted by Gasteiger charge is -2.32. The highest BCUT2D eigenvalue weighted by atomic mass is 16.5. The van der Waals surface area contributed by atoms with E-state index >= 15 is 0 Å². The summed E-state index contributed by atoms with van der Waals surface area (Å²) in [5, 5.41) is 12.5. The summed E-state index contributed by atoms with van der Waals surface area (Å²) < 4.78 is 5.37. The van der Waals surface area contributed by atoms with Crippen LogP contribution in [0.4, 0.5) is 0 Å². The first-order valence-electron chi connectivity index (χ1n) is 6.69. The zero-order chi connectivity index (χ0) is 12.7. The summed E-state index contributed by atoms with van der Waals surface area (Å²) in [5.74, 6) is 0. The zero-order valence-electron chi connectivity index (χ0n) is 11.5. The Morgan fingerprint density at radius 3 is 2.59 bits per heavy atom. The Balaban J connectivity index is 2.20. The third kappa shape index (κ3) is 4.92. The molecule has 1 unspecified atom stereocenters. The Labute approximate surface area is 105 Å². The standard InChI is InChI=1S/C13H28N2O2/c1-13(11-16,14-2)7-4-8-15(3)12-5-9-17-10-6-12/h12,14,16H,4-11H2,1-3H3. The maximum Gasteiger partial charge on any atom is 0.0610 e. The van der Waals surface area contributed by atoms with Crippen LogP contribution in [-0.2, 0) is 4.74 Å². The van der Waals surface area contributed by atoms with Gasteiger partial charge in [0.2, 0.25) is 0 Å². The lowest BCUT2D eigenvalue weighted by molar-refractivity contribution is 0.0415. The SMILES string of the molecule is CNC(C)(CO)CCCN(C)C1CCOCC1. The second kappa shape index (κ2) is 7.31. The molecule has 1 saturated heterocycles. The minimum Gasteiger partial charge on any atom is -0.394 e. The van der Waals surface area contributed by atoms with E-state index in [1.807, 2.05) is 7.05 Å². The van der Waals surface area contributed by atoms with Crippen LogP contribution in [0.25, 0.3) is 0 Å². The Morgan fingerprint density at radius 1 is 1.41 bits per heavy atom. The van der Waals surface area contributed by atoms with Crippen molar-refractivity contribution >= 4 is 0 Å². The molecule has 102 valence electrons. The van der Waals surface area contributed by atoms with Crippen LogP contribution >= 0.6 is 0 Å². The Kier molecular flexibility index (Phi) is 6.41. The number of hydrogen-bond donors (Lipinski definition) is 2. The van der Waals surface area contributed by atoms with Crippen LogP contribution in [0.3, 0.4) is 0 Å². The van der Waals surface area contributed by atoms with Crippen molar-refractivity contribution in [2.45, 2.75) is 44.2 Å². The minimum absolute atomic E-state index is 0.128. The molecule has 1 aliphatic heterocycles. The molecule has 0 aromatic rings. The number of aliphatic hydroxyl groups is 1. The molecule has 1 fully saturated rings. The predicted octanol–water partition coefficient (Wildman–Crippen LogP) is 0.848. The van der Waals surface area contributed by atoms with Gasteiger partial charge in [-0.15, -0.1) is 0 Å². The van der Waals surface area contributed by atoms with E-state index in [1.165, 1.54) is 0 Å². The molecular formula is C13H28N2O2. The summed E-state index contributed by atoms with van der Waals surface area (Å²) in [4.78, 5) is 2.44. The highest BCUT2D eigenvalue weighted by Gasteiger charge is 2.22. The normalized spacial score (nSPS) is 21.7. The van der Waals surface area contributed by atoms with Gasteiger partial charge in [-0.1, -0.05) is 0 Å². The van der Waals surface area contributed by atoms with E-state index in [2.05, 4.69) is 24.2 Å². The Bertz CT molecular complexity index is 202. The van der Waals surface area contributed by atoms with Crippen LogP contribution in [-0.4, -0.2) is 62.0 Å². The molecule has 0 spiro atoms. The van der Waals surface area contributed by atoms with Crippen molar-refractivity contribution in [2.75, 3.05) is 40.5 Å². The van der Waals surface area contributed by atoms with E-state index in [9.17, 15) is 5.11 Å². The second-order valence-electron chi connectivity index (χ2n) is 5.40. The number of aliphatic hydroxyl groups excluding tert-OH is 1. The number of nitrogens with one attached hydrogen (secondary N) is 1. The van der Waals surface area contributed by atoms with Crippen LogP contribution in [0, 0.1) is 0 Å². The number of nitrogens with zero attached hydrogens (tertiary/aromatic N) is 1. The first-order chi connectivity index (χ1) is 8.11. The van der Waals surface area contributed by atoms with Gasteiger partial charge in [-0.2, -0.15) is 0 Å². The quantitative estimate of drug-likeness (QED) is 0.697. The molecule has 4 heteroatoms. The molecule has 0 bridgehead atoms. The average molecular weight is 244 g/mol. The molecule has 1 heterocycles. The van der Waals surface area contributed by atoms with E-state index in [4.69, 9.17) is 4.74 Å². The smallest absolute Gasteiger partial charge is 0.0610 e. The van der Waals surface area contributed by atoms with Crippen molar-refractivity contribution in [2.24, 2.45) is 0 Å². The van der Waals surface area contributed by atoms with Crippen LogP contribution in [0.5, 0.6) is 0 Å². The van der Waals surface area contributed by atoms with Crippen LogP contribution in [0.2, 0.25) is 0 Å². The van der Waals surface area contributed by atoms with Gasteiger partial charge in [-0.05, 0) is 53.2 Å². The third-order valence-electron chi connectivity index (χ3n) is 4.01. The predicted molar refractivity (Wildman–Crippen MR) is 70.3 cm³/mol. The first kappa shape index (κ1) is 14.9. The summed E-state index contributed by atoms with van der Waals surface area (Å²) in [6.07, 6.45) is 4.43. The summed E-state index contributed by atoms with van der Waals surface area (Å²) >= 11 is 0. The molecular weight excluding hydrogens is 216 g/mol. The van der Waals surface area contributed by atoms with Crippen LogP contribution < -0.4 is 5.32 Å². The number of rotatable bonds is 7. The summed E-state index contributed by atoms with van der Waals surface area (Å²) in [6, 6.07) is 0.679. The molecule has 1 rings (SSSR count). The zero-order valence-corrected chi connectivity index (χ0v) is 11.5. The highest BCUT2D eigenvalue weighted by Crippen LogP contribution is 2.15. The van der Waals surface area contributed by atoms with Crippen molar-refractivity contribution < 1.29 is 9.84 Å². The lowest BCUT2D eigenvalue weighted by Crippen LogP contribution is -2.44. The molecule has 0 radical (unpaired) electrons. The molecule has 0 amide bonds. The van der Waals surface area contributed by atoms with Gasteiger partial charge in [0.25, 0.3) is 0 Å². The molecule has 1 aliphatic rings. The molecule has 0 saturated carbocycles. The maximum absolute atomic E-state index is 9.31. The number of ether oxygens (including phenoxy) is 1. The molecule has 17 heavy (non-hydrogen) atoms. The van der Waals surface area contributed by atoms with E-state index in [0.29, 0.717) is 6.04 Å². The lowest BCUT2D eigenvalue weighted by atomic mass is 9.96. The summed E-state index contributed by atoms with van der Waals surface area (Å²) in [7, 11) is 4.12. The van der Waals surface area contributed by atoms with E-state index < -0.39 is 0 Å². The maximum atomic E-state index is 9.31. The topological polar surface area (TPSA) is 44.7 Å². The van der Waals surface area contributed by atoms with E-state index in [1.54, 1.807) is 0 Å². The Morgan fingerprint density at radius 2 is 2.06 bits per heavy atom. The molecule has 0 aromatic heterocycles. The number of hydrogen-bond acceptors (Lipinski definition) is 4. The van der Waals surface area contributed by atoms with Gasteiger partial charge >= 0.3 is 0 Å². The second-order valence-corrected chi connectivity index (χ2v) is 5.40. The number of likely N-dealkylation sites (N-methyl/N-ethyl adjacent to an activating group) is 1. The van der Waals surface area contributed by atoms with Crippen molar-refractivity contribution in [1.29, 1.82) is 0 Å². The van der Waals surface area contributed by atoms with Gasteiger partial charge in [0.1, 0.15) is 0 Å². The van der Waals surface area contributed by atoms with Crippen molar-refractivity contribution in [1.82, 2.24) is 10.2 Å². The van der Waals surface area contributed by atoms with Crippen LogP contribution in [0.15, 0.2) is 0 Å².